The molecule has 0 amide bonds. The van der Waals surface area contributed by atoms with Crippen LogP contribution in [-0.4, -0.2) is 36.0 Å². The Bertz CT molecular complexity index is 439. The normalized spacial score (nSPS) is 17.9. The first-order valence-corrected chi connectivity index (χ1v) is 6.52. The summed E-state index contributed by atoms with van der Waals surface area (Å²) in [4.78, 5) is 12.7. The molecular formula is C14H19N3O2. The van der Waals surface area contributed by atoms with Gasteiger partial charge in [0.1, 0.15) is 0 Å². The number of benzene rings is 1. The van der Waals surface area contributed by atoms with Crippen LogP contribution in [0, 0.1) is 10.1 Å². The highest BCUT2D eigenvalue weighted by molar-refractivity contribution is 5.34. The minimum absolute atomic E-state index is 0.140. The second-order valence-corrected chi connectivity index (χ2v) is 4.67. The SMILES string of the molecule is C=CC[C@@H](c1ccc([N+](=O)[O-])cc1)N1CCNCC1. The van der Waals surface area contributed by atoms with Gasteiger partial charge in [-0.1, -0.05) is 18.2 Å². The quantitative estimate of drug-likeness (QED) is 0.501. The molecule has 1 N–H and O–H groups in total. The molecule has 1 aliphatic heterocycles. The maximum atomic E-state index is 10.7. The fraction of sp³-hybridized carbons (Fsp3) is 0.429. The largest absolute Gasteiger partial charge is 0.314 e. The molecule has 0 unspecified atom stereocenters. The minimum Gasteiger partial charge on any atom is -0.314 e. The average molecular weight is 261 g/mol. The number of nitro benzene ring substituents is 1. The summed E-state index contributed by atoms with van der Waals surface area (Å²) in [7, 11) is 0. The second-order valence-electron chi connectivity index (χ2n) is 4.67. The molecule has 102 valence electrons. The molecule has 0 aliphatic carbocycles. The van der Waals surface area contributed by atoms with Gasteiger partial charge in [-0.05, 0) is 12.0 Å². The summed E-state index contributed by atoms with van der Waals surface area (Å²) in [5, 5.41) is 14.0. The van der Waals surface area contributed by atoms with E-state index in [-0.39, 0.29) is 16.7 Å². The molecule has 1 saturated heterocycles. The molecule has 1 aliphatic rings. The summed E-state index contributed by atoms with van der Waals surface area (Å²) in [6.07, 6.45) is 2.77. The van der Waals surface area contributed by atoms with Crippen LogP contribution in [0.5, 0.6) is 0 Å². The lowest BCUT2D eigenvalue weighted by molar-refractivity contribution is -0.384. The molecule has 0 aromatic heterocycles. The van der Waals surface area contributed by atoms with Gasteiger partial charge in [0.25, 0.3) is 5.69 Å². The first kappa shape index (κ1) is 13.7. The van der Waals surface area contributed by atoms with E-state index in [4.69, 9.17) is 0 Å². The van der Waals surface area contributed by atoms with Crippen LogP contribution >= 0.6 is 0 Å². The van der Waals surface area contributed by atoms with E-state index in [0.29, 0.717) is 0 Å². The fourth-order valence-corrected chi connectivity index (χ4v) is 2.47. The van der Waals surface area contributed by atoms with Crippen LogP contribution in [0.15, 0.2) is 36.9 Å². The zero-order chi connectivity index (χ0) is 13.7. The van der Waals surface area contributed by atoms with E-state index in [0.717, 1.165) is 38.2 Å². The number of nitro groups is 1. The summed E-state index contributed by atoms with van der Waals surface area (Å²) >= 11 is 0. The van der Waals surface area contributed by atoms with Crippen molar-refractivity contribution in [3.63, 3.8) is 0 Å². The van der Waals surface area contributed by atoms with Gasteiger partial charge in [-0.3, -0.25) is 15.0 Å². The number of hydrogen-bond donors (Lipinski definition) is 1. The molecule has 0 bridgehead atoms. The number of nitrogens with zero attached hydrogens (tertiary/aromatic N) is 2. The van der Waals surface area contributed by atoms with E-state index in [9.17, 15) is 10.1 Å². The van der Waals surface area contributed by atoms with E-state index in [1.54, 1.807) is 12.1 Å². The second kappa shape index (κ2) is 6.45. The van der Waals surface area contributed by atoms with Crippen molar-refractivity contribution in [2.24, 2.45) is 0 Å². The Kier molecular flexibility index (Phi) is 4.65. The van der Waals surface area contributed by atoms with Crippen LogP contribution in [0.3, 0.4) is 0 Å². The van der Waals surface area contributed by atoms with Gasteiger partial charge in [0, 0.05) is 44.4 Å². The lowest BCUT2D eigenvalue weighted by Crippen LogP contribution is -2.45. The van der Waals surface area contributed by atoms with Crippen molar-refractivity contribution in [2.75, 3.05) is 26.2 Å². The molecule has 0 saturated carbocycles. The number of rotatable bonds is 5. The first-order valence-electron chi connectivity index (χ1n) is 6.52. The van der Waals surface area contributed by atoms with Gasteiger partial charge in [-0.2, -0.15) is 0 Å². The molecule has 0 radical (unpaired) electrons. The van der Waals surface area contributed by atoms with Crippen LogP contribution in [-0.2, 0) is 0 Å². The predicted molar refractivity (Wildman–Crippen MR) is 75.1 cm³/mol. The third-order valence-corrected chi connectivity index (χ3v) is 3.47. The third kappa shape index (κ3) is 3.39. The lowest BCUT2D eigenvalue weighted by Gasteiger charge is -2.34. The molecule has 1 aromatic carbocycles. The van der Waals surface area contributed by atoms with Crippen molar-refractivity contribution in [1.82, 2.24) is 10.2 Å². The maximum Gasteiger partial charge on any atom is 0.269 e. The molecule has 5 heteroatoms. The van der Waals surface area contributed by atoms with Crippen LogP contribution in [0.25, 0.3) is 0 Å². The summed E-state index contributed by atoms with van der Waals surface area (Å²) < 4.78 is 0. The Morgan fingerprint density at radius 2 is 2.00 bits per heavy atom. The number of hydrogen-bond acceptors (Lipinski definition) is 4. The summed E-state index contributed by atoms with van der Waals surface area (Å²) in [5.74, 6) is 0. The van der Waals surface area contributed by atoms with Crippen molar-refractivity contribution in [1.29, 1.82) is 0 Å². The fourth-order valence-electron chi connectivity index (χ4n) is 2.47. The Balaban J connectivity index is 2.17. The molecule has 1 atom stereocenters. The zero-order valence-corrected chi connectivity index (χ0v) is 10.9. The van der Waals surface area contributed by atoms with Gasteiger partial charge in [0.15, 0.2) is 0 Å². The van der Waals surface area contributed by atoms with Crippen molar-refractivity contribution >= 4 is 5.69 Å². The van der Waals surface area contributed by atoms with Gasteiger partial charge in [0.05, 0.1) is 4.92 Å². The molecule has 5 nitrogen and oxygen atoms in total. The number of nitrogens with one attached hydrogen (secondary N) is 1. The summed E-state index contributed by atoms with van der Waals surface area (Å²) in [6, 6.07) is 7.13. The molecule has 0 spiro atoms. The highest BCUT2D eigenvalue weighted by Gasteiger charge is 2.21. The number of non-ortho nitro benzene ring substituents is 1. The summed E-state index contributed by atoms with van der Waals surface area (Å²) in [6.45, 7) is 7.78. The van der Waals surface area contributed by atoms with Gasteiger partial charge >= 0.3 is 0 Å². The smallest absolute Gasteiger partial charge is 0.269 e. The average Bonchev–Trinajstić information content (AvgIpc) is 2.46. The number of piperazine rings is 1. The van der Waals surface area contributed by atoms with Crippen LogP contribution in [0.1, 0.15) is 18.0 Å². The van der Waals surface area contributed by atoms with E-state index >= 15 is 0 Å². The molecule has 1 heterocycles. The lowest BCUT2D eigenvalue weighted by atomic mass is 10.0. The van der Waals surface area contributed by atoms with Crippen LogP contribution in [0.4, 0.5) is 5.69 Å². The van der Waals surface area contributed by atoms with Gasteiger partial charge in [-0.15, -0.1) is 6.58 Å². The van der Waals surface area contributed by atoms with Crippen molar-refractivity contribution in [3.05, 3.63) is 52.6 Å². The molecule has 19 heavy (non-hydrogen) atoms. The molecule has 2 rings (SSSR count). The van der Waals surface area contributed by atoms with E-state index in [1.807, 2.05) is 18.2 Å². The highest BCUT2D eigenvalue weighted by atomic mass is 16.6. The highest BCUT2D eigenvalue weighted by Crippen LogP contribution is 2.26. The standard InChI is InChI=1S/C14H19N3O2/c1-2-3-14(16-10-8-15-9-11-16)12-4-6-13(7-5-12)17(18)19/h2,4-7,14-15H,1,3,8-11H2/t14-/m0/s1. The Hall–Kier alpha value is -1.72. The van der Waals surface area contributed by atoms with Gasteiger partial charge in [0.2, 0.25) is 0 Å². The van der Waals surface area contributed by atoms with Crippen molar-refractivity contribution in [3.8, 4) is 0 Å². The Labute approximate surface area is 113 Å². The monoisotopic (exact) mass is 261 g/mol. The van der Waals surface area contributed by atoms with Crippen molar-refractivity contribution in [2.45, 2.75) is 12.5 Å². The summed E-state index contributed by atoms with van der Waals surface area (Å²) in [5.41, 5.74) is 1.26. The van der Waals surface area contributed by atoms with Crippen LogP contribution in [0.2, 0.25) is 0 Å². The zero-order valence-electron chi connectivity index (χ0n) is 10.9. The Morgan fingerprint density at radius 3 is 2.53 bits per heavy atom. The van der Waals surface area contributed by atoms with Crippen molar-refractivity contribution < 1.29 is 4.92 Å². The predicted octanol–water partition coefficient (Wildman–Crippen LogP) is 2.12. The third-order valence-electron chi connectivity index (χ3n) is 3.47. The topological polar surface area (TPSA) is 58.4 Å². The molecular weight excluding hydrogens is 242 g/mol. The Morgan fingerprint density at radius 1 is 1.37 bits per heavy atom. The first-order chi connectivity index (χ1) is 9.22. The molecule has 1 fully saturated rings. The van der Waals surface area contributed by atoms with E-state index < -0.39 is 0 Å². The molecule has 1 aromatic rings. The minimum atomic E-state index is -0.364. The van der Waals surface area contributed by atoms with Gasteiger partial charge < -0.3 is 5.32 Å². The maximum absolute atomic E-state index is 10.7. The van der Waals surface area contributed by atoms with E-state index in [1.165, 1.54) is 0 Å². The van der Waals surface area contributed by atoms with E-state index in [2.05, 4.69) is 16.8 Å². The van der Waals surface area contributed by atoms with Crippen LogP contribution < -0.4 is 5.32 Å². The van der Waals surface area contributed by atoms with Gasteiger partial charge in [-0.25, -0.2) is 0 Å².